The fraction of sp³-hybridized carbons (Fsp3) is 0.556. The van der Waals surface area contributed by atoms with E-state index in [4.69, 9.17) is 5.11 Å². The fourth-order valence-electron chi connectivity index (χ4n) is 0.987. The number of hydrogen-bond acceptors (Lipinski definition) is 4. The molecule has 0 aliphatic rings. The van der Waals surface area contributed by atoms with E-state index >= 15 is 0 Å². The second-order valence-corrected chi connectivity index (χ2v) is 4.03. The molecule has 0 aromatic carbocycles. The second-order valence-electron chi connectivity index (χ2n) is 3.19. The van der Waals surface area contributed by atoms with Crippen molar-refractivity contribution in [3.8, 4) is 0 Å². The summed E-state index contributed by atoms with van der Waals surface area (Å²) in [5, 5.41) is 11.0. The predicted molar refractivity (Wildman–Crippen MR) is 57.2 cm³/mol. The van der Waals surface area contributed by atoms with Crippen molar-refractivity contribution in [2.24, 2.45) is 0 Å². The highest BCUT2D eigenvalue weighted by Crippen LogP contribution is 2.21. The summed E-state index contributed by atoms with van der Waals surface area (Å²) >= 11 is 1.36. The molecule has 0 amide bonds. The van der Waals surface area contributed by atoms with Gasteiger partial charge in [-0.15, -0.1) is 11.3 Å². The Labute approximate surface area is 87.2 Å². The van der Waals surface area contributed by atoms with Gasteiger partial charge in [-0.25, -0.2) is 9.78 Å². The van der Waals surface area contributed by atoms with E-state index in [9.17, 15) is 4.79 Å². The monoisotopic (exact) mass is 214 g/mol. The first-order valence-corrected chi connectivity index (χ1v) is 5.35. The molecule has 0 saturated heterocycles. The zero-order valence-electron chi connectivity index (χ0n) is 8.52. The molecule has 1 heterocycles. The Morgan fingerprint density at radius 3 is 2.86 bits per heavy atom. The summed E-state index contributed by atoms with van der Waals surface area (Å²) in [6.45, 7) is 4.18. The van der Waals surface area contributed by atoms with Crippen LogP contribution >= 0.6 is 11.3 Å². The Balaban J connectivity index is 2.81. The standard InChI is InChI=1S/C9H14N2O2S/c1-4-6(2)11(3)9-10-7(5-14-9)8(12)13/h5-6H,4H2,1-3H3,(H,12,13). The summed E-state index contributed by atoms with van der Waals surface area (Å²) in [6.07, 6.45) is 1.01. The van der Waals surface area contributed by atoms with Crippen molar-refractivity contribution in [2.45, 2.75) is 26.3 Å². The first-order chi connectivity index (χ1) is 6.56. The maximum absolute atomic E-state index is 10.6. The van der Waals surface area contributed by atoms with Gasteiger partial charge >= 0.3 is 5.97 Å². The van der Waals surface area contributed by atoms with Crippen LogP contribution in [0.15, 0.2) is 5.38 Å². The van der Waals surface area contributed by atoms with Crippen molar-refractivity contribution in [2.75, 3.05) is 11.9 Å². The molecular weight excluding hydrogens is 200 g/mol. The summed E-state index contributed by atoms with van der Waals surface area (Å²) in [4.78, 5) is 16.6. The van der Waals surface area contributed by atoms with Crippen LogP contribution in [-0.2, 0) is 0 Å². The van der Waals surface area contributed by atoms with Crippen LogP contribution in [0, 0.1) is 0 Å². The molecule has 14 heavy (non-hydrogen) atoms. The predicted octanol–water partition coefficient (Wildman–Crippen LogP) is 2.08. The SMILES string of the molecule is CCC(C)N(C)c1nc(C(=O)O)cs1. The largest absolute Gasteiger partial charge is 0.476 e. The van der Waals surface area contributed by atoms with Gasteiger partial charge in [0.05, 0.1) is 0 Å². The Morgan fingerprint density at radius 1 is 1.79 bits per heavy atom. The number of carbonyl (C=O) groups is 1. The van der Waals surface area contributed by atoms with Gasteiger partial charge < -0.3 is 10.0 Å². The van der Waals surface area contributed by atoms with Gasteiger partial charge in [-0.05, 0) is 13.3 Å². The van der Waals surface area contributed by atoms with Gasteiger partial charge in [0.15, 0.2) is 10.8 Å². The van der Waals surface area contributed by atoms with Crippen molar-refractivity contribution in [1.82, 2.24) is 4.98 Å². The lowest BCUT2D eigenvalue weighted by Gasteiger charge is -2.22. The zero-order valence-corrected chi connectivity index (χ0v) is 9.34. The van der Waals surface area contributed by atoms with Gasteiger partial charge in [0.25, 0.3) is 0 Å². The highest BCUT2D eigenvalue weighted by molar-refractivity contribution is 7.13. The topological polar surface area (TPSA) is 53.4 Å². The molecule has 1 atom stereocenters. The minimum Gasteiger partial charge on any atom is -0.476 e. The van der Waals surface area contributed by atoms with E-state index in [0.717, 1.165) is 11.6 Å². The summed E-state index contributed by atoms with van der Waals surface area (Å²) in [5.41, 5.74) is 0.125. The molecule has 1 aromatic rings. The fourth-order valence-corrected chi connectivity index (χ4v) is 1.85. The average molecular weight is 214 g/mol. The van der Waals surface area contributed by atoms with Crippen LogP contribution in [0.4, 0.5) is 5.13 Å². The smallest absolute Gasteiger partial charge is 0.355 e. The number of aromatic nitrogens is 1. The third-order valence-electron chi connectivity index (χ3n) is 2.26. The molecule has 78 valence electrons. The molecule has 0 radical (unpaired) electrons. The highest BCUT2D eigenvalue weighted by Gasteiger charge is 2.14. The number of aromatic carboxylic acids is 1. The van der Waals surface area contributed by atoms with E-state index in [1.54, 1.807) is 5.38 Å². The van der Waals surface area contributed by atoms with Gasteiger partial charge in [-0.2, -0.15) is 0 Å². The maximum atomic E-state index is 10.6. The molecule has 1 rings (SSSR count). The lowest BCUT2D eigenvalue weighted by Crippen LogP contribution is -2.27. The van der Waals surface area contributed by atoms with Gasteiger partial charge in [-0.1, -0.05) is 6.92 Å². The van der Waals surface area contributed by atoms with Crippen LogP contribution in [0.2, 0.25) is 0 Å². The zero-order chi connectivity index (χ0) is 10.7. The third kappa shape index (κ3) is 2.23. The number of hydrogen-bond donors (Lipinski definition) is 1. The first kappa shape index (κ1) is 11.0. The van der Waals surface area contributed by atoms with Gasteiger partial charge in [-0.3, -0.25) is 0 Å². The molecule has 1 unspecified atom stereocenters. The lowest BCUT2D eigenvalue weighted by molar-refractivity contribution is 0.0691. The molecule has 0 spiro atoms. The average Bonchev–Trinajstić information content (AvgIpc) is 2.64. The van der Waals surface area contributed by atoms with Crippen molar-refractivity contribution in [3.05, 3.63) is 11.1 Å². The number of carboxylic acid groups (broad SMARTS) is 1. The summed E-state index contributed by atoms with van der Waals surface area (Å²) in [6, 6.07) is 0.378. The summed E-state index contributed by atoms with van der Waals surface area (Å²) in [7, 11) is 1.93. The number of carboxylic acids is 1. The van der Waals surface area contributed by atoms with E-state index in [-0.39, 0.29) is 5.69 Å². The molecule has 4 nitrogen and oxygen atoms in total. The Bertz CT molecular complexity index is 324. The van der Waals surface area contributed by atoms with Gasteiger partial charge in [0, 0.05) is 18.5 Å². The van der Waals surface area contributed by atoms with Crippen LogP contribution in [-0.4, -0.2) is 29.1 Å². The quantitative estimate of drug-likeness (QED) is 0.833. The van der Waals surface area contributed by atoms with Crippen molar-refractivity contribution in [3.63, 3.8) is 0 Å². The number of anilines is 1. The van der Waals surface area contributed by atoms with Gasteiger partial charge in [0.1, 0.15) is 0 Å². The molecule has 0 aliphatic carbocycles. The normalized spacial score (nSPS) is 12.5. The Morgan fingerprint density at radius 2 is 2.43 bits per heavy atom. The number of nitrogens with zero attached hydrogens (tertiary/aromatic N) is 2. The maximum Gasteiger partial charge on any atom is 0.355 e. The van der Waals surface area contributed by atoms with E-state index in [1.165, 1.54) is 11.3 Å². The van der Waals surface area contributed by atoms with Crippen LogP contribution < -0.4 is 4.90 Å². The van der Waals surface area contributed by atoms with Crippen LogP contribution in [0.5, 0.6) is 0 Å². The Kier molecular flexibility index (Phi) is 3.46. The third-order valence-corrected chi connectivity index (χ3v) is 3.20. The van der Waals surface area contributed by atoms with Gasteiger partial charge in [0.2, 0.25) is 0 Å². The Hall–Kier alpha value is -1.10. The minimum absolute atomic E-state index is 0.125. The lowest BCUT2D eigenvalue weighted by atomic mass is 10.2. The molecule has 0 aliphatic heterocycles. The second kappa shape index (κ2) is 4.41. The van der Waals surface area contributed by atoms with E-state index < -0.39 is 5.97 Å². The van der Waals surface area contributed by atoms with Crippen LogP contribution in [0.1, 0.15) is 30.8 Å². The summed E-state index contributed by atoms with van der Waals surface area (Å²) < 4.78 is 0. The van der Waals surface area contributed by atoms with Crippen LogP contribution in [0.25, 0.3) is 0 Å². The molecule has 1 aromatic heterocycles. The molecule has 0 saturated carbocycles. The summed E-state index contributed by atoms with van der Waals surface area (Å²) in [5.74, 6) is -0.968. The van der Waals surface area contributed by atoms with E-state index in [1.807, 2.05) is 11.9 Å². The number of thiazole rings is 1. The van der Waals surface area contributed by atoms with E-state index in [0.29, 0.717) is 6.04 Å². The molecule has 5 heteroatoms. The van der Waals surface area contributed by atoms with Crippen molar-refractivity contribution < 1.29 is 9.90 Å². The first-order valence-electron chi connectivity index (χ1n) is 4.48. The van der Waals surface area contributed by atoms with Crippen LogP contribution in [0.3, 0.4) is 0 Å². The van der Waals surface area contributed by atoms with Crippen molar-refractivity contribution >= 4 is 22.4 Å². The van der Waals surface area contributed by atoms with Crippen molar-refractivity contribution in [1.29, 1.82) is 0 Å². The molecule has 0 bridgehead atoms. The molecular formula is C9H14N2O2S. The molecule has 0 fully saturated rings. The minimum atomic E-state index is -0.968. The number of rotatable bonds is 4. The highest BCUT2D eigenvalue weighted by atomic mass is 32.1. The van der Waals surface area contributed by atoms with E-state index in [2.05, 4.69) is 18.8 Å². The molecule has 1 N–H and O–H groups in total.